The van der Waals surface area contributed by atoms with Gasteiger partial charge in [-0.2, -0.15) is 0 Å². The third-order valence-electron chi connectivity index (χ3n) is 1.24. The predicted molar refractivity (Wildman–Crippen MR) is 55.0 cm³/mol. The average molecular weight is 227 g/mol. The summed E-state index contributed by atoms with van der Waals surface area (Å²) >= 11 is 3.32. The molecular formula is C9H11BrN2. The first-order chi connectivity index (χ1) is 5.68. The fourth-order valence-electron chi connectivity index (χ4n) is 0.679. The molecular weight excluding hydrogens is 216 g/mol. The van der Waals surface area contributed by atoms with E-state index in [1.165, 1.54) is 5.57 Å². The van der Waals surface area contributed by atoms with Crippen LogP contribution in [0.4, 0.5) is 5.82 Å². The van der Waals surface area contributed by atoms with Crippen LogP contribution in [-0.2, 0) is 0 Å². The molecule has 1 heterocycles. The first-order valence-corrected chi connectivity index (χ1v) is 4.49. The minimum absolute atomic E-state index is 0.861. The van der Waals surface area contributed by atoms with E-state index in [0.29, 0.717) is 0 Å². The highest BCUT2D eigenvalue weighted by molar-refractivity contribution is 9.10. The molecule has 0 saturated heterocycles. The zero-order chi connectivity index (χ0) is 8.97. The van der Waals surface area contributed by atoms with E-state index in [4.69, 9.17) is 0 Å². The summed E-state index contributed by atoms with van der Waals surface area (Å²) < 4.78 is 0.991. The molecule has 0 bridgehead atoms. The molecule has 1 rings (SSSR count). The molecule has 0 spiro atoms. The molecule has 0 aliphatic rings. The van der Waals surface area contributed by atoms with Crippen molar-refractivity contribution in [3.05, 3.63) is 34.6 Å². The normalized spacial score (nSPS) is 9.25. The maximum atomic E-state index is 4.15. The predicted octanol–water partition coefficient (Wildman–Crippen LogP) is 3.18. The molecule has 0 unspecified atom stereocenters. The molecule has 0 atom stereocenters. The smallest absolute Gasteiger partial charge is 0.129 e. The van der Waals surface area contributed by atoms with E-state index in [1.807, 2.05) is 32.2 Å². The van der Waals surface area contributed by atoms with Gasteiger partial charge in [0, 0.05) is 16.9 Å². The van der Waals surface area contributed by atoms with Gasteiger partial charge in [0.1, 0.15) is 5.82 Å². The van der Waals surface area contributed by atoms with E-state index < -0.39 is 0 Å². The molecule has 0 aliphatic carbocycles. The molecule has 64 valence electrons. The van der Waals surface area contributed by atoms with Crippen molar-refractivity contribution in [1.29, 1.82) is 0 Å². The van der Waals surface area contributed by atoms with Gasteiger partial charge in [0.2, 0.25) is 0 Å². The van der Waals surface area contributed by atoms with Crippen molar-refractivity contribution in [1.82, 2.24) is 4.98 Å². The molecule has 0 fully saturated rings. The van der Waals surface area contributed by atoms with Crippen LogP contribution < -0.4 is 5.32 Å². The first-order valence-electron chi connectivity index (χ1n) is 3.70. The SMILES string of the molecule is CC(C)=CNc1ccc(Br)cn1. The standard InChI is InChI=1S/C9H11BrN2/c1-7(2)5-11-9-4-3-8(10)6-12-9/h3-6H,1-2H3,(H,11,12). The van der Waals surface area contributed by atoms with Crippen LogP contribution in [0.1, 0.15) is 13.8 Å². The second-order valence-corrected chi connectivity index (χ2v) is 3.64. The lowest BCUT2D eigenvalue weighted by molar-refractivity contribution is 1.27. The quantitative estimate of drug-likeness (QED) is 0.839. The van der Waals surface area contributed by atoms with Crippen LogP contribution in [0.25, 0.3) is 0 Å². The lowest BCUT2D eigenvalue weighted by atomic mass is 10.4. The van der Waals surface area contributed by atoms with Crippen LogP contribution in [0.2, 0.25) is 0 Å². The van der Waals surface area contributed by atoms with Crippen molar-refractivity contribution in [2.75, 3.05) is 5.32 Å². The van der Waals surface area contributed by atoms with E-state index >= 15 is 0 Å². The molecule has 1 N–H and O–H groups in total. The Hall–Kier alpha value is -0.830. The average Bonchev–Trinajstić information content (AvgIpc) is 2.03. The Labute approximate surface area is 80.8 Å². The number of nitrogens with one attached hydrogen (secondary N) is 1. The molecule has 0 aromatic carbocycles. The van der Waals surface area contributed by atoms with E-state index in [-0.39, 0.29) is 0 Å². The Morgan fingerprint density at radius 3 is 2.75 bits per heavy atom. The fourth-order valence-corrected chi connectivity index (χ4v) is 0.914. The molecule has 3 heteroatoms. The van der Waals surface area contributed by atoms with Gasteiger partial charge in [0.15, 0.2) is 0 Å². The van der Waals surface area contributed by atoms with Gasteiger partial charge in [-0.3, -0.25) is 0 Å². The van der Waals surface area contributed by atoms with Crippen molar-refractivity contribution in [3.63, 3.8) is 0 Å². The number of nitrogens with zero attached hydrogens (tertiary/aromatic N) is 1. The number of pyridine rings is 1. The third-order valence-corrected chi connectivity index (χ3v) is 1.71. The number of hydrogen-bond donors (Lipinski definition) is 1. The molecule has 0 saturated carbocycles. The maximum Gasteiger partial charge on any atom is 0.129 e. The van der Waals surface area contributed by atoms with Gasteiger partial charge in [-0.1, -0.05) is 5.57 Å². The van der Waals surface area contributed by atoms with Crippen LogP contribution in [-0.4, -0.2) is 4.98 Å². The fraction of sp³-hybridized carbons (Fsp3) is 0.222. The minimum Gasteiger partial charge on any atom is -0.347 e. The van der Waals surface area contributed by atoms with Crippen molar-refractivity contribution in [2.24, 2.45) is 0 Å². The van der Waals surface area contributed by atoms with E-state index in [9.17, 15) is 0 Å². The molecule has 0 radical (unpaired) electrons. The van der Waals surface area contributed by atoms with Crippen LogP contribution in [0.5, 0.6) is 0 Å². The monoisotopic (exact) mass is 226 g/mol. The van der Waals surface area contributed by atoms with Crippen molar-refractivity contribution in [3.8, 4) is 0 Å². The highest BCUT2D eigenvalue weighted by Crippen LogP contribution is 2.10. The van der Waals surface area contributed by atoms with Gasteiger partial charge >= 0.3 is 0 Å². The third kappa shape index (κ3) is 3.05. The maximum absolute atomic E-state index is 4.15. The summed E-state index contributed by atoms with van der Waals surface area (Å²) in [6, 6.07) is 3.87. The number of aromatic nitrogens is 1. The van der Waals surface area contributed by atoms with Crippen molar-refractivity contribution >= 4 is 21.7 Å². The number of anilines is 1. The largest absolute Gasteiger partial charge is 0.347 e. The van der Waals surface area contributed by atoms with E-state index in [2.05, 4.69) is 26.2 Å². The summed E-state index contributed by atoms with van der Waals surface area (Å²) in [7, 11) is 0. The topological polar surface area (TPSA) is 24.9 Å². The molecule has 0 amide bonds. The van der Waals surface area contributed by atoms with E-state index in [1.54, 1.807) is 6.20 Å². The van der Waals surface area contributed by atoms with Crippen molar-refractivity contribution < 1.29 is 0 Å². The second-order valence-electron chi connectivity index (χ2n) is 2.73. The first kappa shape index (κ1) is 9.26. The van der Waals surface area contributed by atoms with Gasteiger partial charge in [0.25, 0.3) is 0 Å². The zero-order valence-corrected chi connectivity index (χ0v) is 8.72. The Kier molecular flexibility index (Phi) is 3.29. The zero-order valence-electron chi connectivity index (χ0n) is 7.13. The Morgan fingerprint density at radius 2 is 2.25 bits per heavy atom. The summed E-state index contributed by atoms with van der Waals surface area (Å²) in [5.41, 5.74) is 1.22. The number of allylic oxidation sites excluding steroid dienone is 1. The molecule has 0 aliphatic heterocycles. The Balaban J connectivity index is 2.65. The van der Waals surface area contributed by atoms with E-state index in [0.717, 1.165) is 10.3 Å². The van der Waals surface area contributed by atoms with Crippen molar-refractivity contribution in [2.45, 2.75) is 13.8 Å². The Bertz CT molecular complexity index is 273. The molecule has 1 aromatic heterocycles. The lowest BCUT2D eigenvalue weighted by Gasteiger charge is -1.99. The number of hydrogen-bond acceptors (Lipinski definition) is 2. The van der Waals surface area contributed by atoms with Crippen LogP contribution in [0, 0.1) is 0 Å². The molecule has 2 nitrogen and oxygen atoms in total. The van der Waals surface area contributed by atoms with Crippen LogP contribution >= 0.6 is 15.9 Å². The Morgan fingerprint density at radius 1 is 1.50 bits per heavy atom. The van der Waals surface area contributed by atoms with Gasteiger partial charge in [0.05, 0.1) is 0 Å². The minimum atomic E-state index is 0.861. The summed E-state index contributed by atoms with van der Waals surface area (Å²) in [6.07, 6.45) is 3.69. The van der Waals surface area contributed by atoms with Crippen LogP contribution in [0.15, 0.2) is 34.6 Å². The van der Waals surface area contributed by atoms with Gasteiger partial charge < -0.3 is 5.32 Å². The van der Waals surface area contributed by atoms with Gasteiger partial charge in [-0.05, 0) is 41.9 Å². The summed E-state index contributed by atoms with van der Waals surface area (Å²) in [4.78, 5) is 4.15. The lowest BCUT2D eigenvalue weighted by Crippen LogP contribution is -1.90. The summed E-state index contributed by atoms with van der Waals surface area (Å²) in [6.45, 7) is 4.07. The molecule has 1 aromatic rings. The highest BCUT2D eigenvalue weighted by atomic mass is 79.9. The second kappa shape index (κ2) is 4.26. The van der Waals surface area contributed by atoms with Gasteiger partial charge in [-0.25, -0.2) is 4.98 Å². The molecule has 12 heavy (non-hydrogen) atoms. The van der Waals surface area contributed by atoms with Gasteiger partial charge in [-0.15, -0.1) is 0 Å². The summed E-state index contributed by atoms with van der Waals surface area (Å²) in [5.74, 6) is 0.861. The highest BCUT2D eigenvalue weighted by Gasteiger charge is 1.89. The number of rotatable bonds is 2. The summed E-state index contributed by atoms with van der Waals surface area (Å²) in [5, 5.41) is 3.08. The number of halogens is 1. The van der Waals surface area contributed by atoms with Crippen LogP contribution in [0.3, 0.4) is 0 Å².